The van der Waals surface area contributed by atoms with E-state index in [9.17, 15) is 4.79 Å². The summed E-state index contributed by atoms with van der Waals surface area (Å²) in [6.07, 6.45) is 1.91. The normalized spacial score (nSPS) is 14.2. The summed E-state index contributed by atoms with van der Waals surface area (Å²) >= 11 is 0. The minimum absolute atomic E-state index is 0.365. The molecule has 0 saturated carbocycles. The SMILES string of the molecule is CC(CNC=O)CC(C)(C)C. The minimum atomic E-state index is 0.365. The van der Waals surface area contributed by atoms with Gasteiger partial charge in [-0.25, -0.2) is 0 Å². The van der Waals surface area contributed by atoms with Crippen LogP contribution in [0, 0.1) is 11.3 Å². The van der Waals surface area contributed by atoms with E-state index >= 15 is 0 Å². The van der Waals surface area contributed by atoms with Crippen LogP contribution in [0.2, 0.25) is 0 Å². The van der Waals surface area contributed by atoms with Crippen LogP contribution in [0.1, 0.15) is 34.1 Å². The lowest BCUT2D eigenvalue weighted by Crippen LogP contribution is -2.23. The van der Waals surface area contributed by atoms with Crippen molar-refractivity contribution in [1.82, 2.24) is 5.32 Å². The van der Waals surface area contributed by atoms with Gasteiger partial charge in [-0.05, 0) is 17.8 Å². The van der Waals surface area contributed by atoms with E-state index in [-0.39, 0.29) is 0 Å². The van der Waals surface area contributed by atoms with E-state index in [1.807, 2.05) is 0 Å². The molecule has 0 aliphatic heterocycles. The van der Waals surface area contributed by atoms with E-state index in [1.165, 1.54) is 0 Å². The van der Waals surface area contributed by atoms with Gasteiger partial charge in [0.15, 0.2) is 0 Å². The van der Waals surface area contributed by atoms with Gasteiger partial charge in [0.25, 0.3) is 0 Å². The number of hydrogen-bond donors (Lipinski definition) is 1. The van der Waals surface area contributed by atoms with Crippen LogP contribution in [0.4, 0.5) is 0 Å². The first kappa shape index (κ1) is 10.5. The predicted octanol–water partition coefficient (Wildman–Crippen LogP) is 1.80. The molecule has 2 nitrogen and oxygen atoms in total. The van der Waals surface area contributed by atoms with Crippen molar-refractivity contribution in [1.29, 1.82) is 0 Å². The van der Waals surface area contributed by atoms with Gasteiger partial charge in [-0.1, -0.05) is 27.7 Å². The van der Waals surface area contributed by atoms with E-state index in [0.29, 0.717) is 11.3 Å². The number of carbonyl (C=O) groups excluding carboxylic acids is 1. The van der Waals surface area contributed by atoms with Crippen LogP contribution < -0.4 is 5.32 Å². The van der Waals surface area contributed by atoms with Crippen LogP contribution in [0.25, 0.3) is 0 Å². The Morgan fingerprint density at radius 3 is 2.36 bits per heavy atom. The summed E-state index contributed by atoms with van der Waals surface area (Å²) in [7, 11) is 0. The summed E-state index contributed by atoms with van der Waals surface area (Å²) in [5.41, 5.74) is 0.365. The van der Waals surface area contributed by atoms with E-state index < -0.39 is 0 Å². The summed E-state index contributed by atoms with van der Waals surface area (Å²) in [5.74, 6) is 0.570. The number of carbonyl (C=O) groups is 1. The van der Waals surface area contributed by atoms with Crippen molar-refractivity contribution in [2.75, 3.05) is 6.54 Å². The fourth-order valence-electron chi connectivity index (χ4n) is 1.37. The molecule has 0 aromatic rings. The first-order valence-corrected chi connectivity index (χ1v) is 4.13. The molecule has 0 aromatic carbocycles. The van der Waals surface area contributed by atoms with Crippen LogP contribution >= 0.6 is 0 Å². The molecule has 0 fully saturated rings. The lowest BCUT2D eigenvalue weighted by atomic mass is 9.85. The maximum Gasteiger partial charge on any atom is 0.207 e. The van der Waals surface area contributed by atoms with Crippen molar-refractivity contribution in [3.8, 4) is 0 Å². The zero-order chi connectivity index (χ0) is 8.91. The predicted molar refractivity (Wildman–Crippen MR) is 47.3 cm³/mol. The molecule has 1 N–H and O–H groups in total. The molecule has 0 spiro atoms. The second kappa shape index (κ2) is 4.37. The molecular weight excluding hydrogens is 138 g/mol. The highest BCUT2D eigenvalue weighted by atomic mass is 16.1. The highest BCUT2D eigenvalue weighted by Gasteiger charge is 2.14. The first-order valence-electron chi connectivity index (χ1n) is 4.13. The quantitative estimate of drug-likeness (QED) is 0.619. The Hall–Kier alpha value is -0.530. The maximum absolute atomic E-state index is 9.96. The zero-order valence-corrected chi connectivity index (χ0v) is 7.98. The Labute approximate surface area is 69.4 Å². The molecule has 0 rings (SSSR count). The van der Waals surface area contributed by atoms with Gasteiger partial charge in [0.2, 0.25) is 6.41 Å². The van der Waals surface area contributed by atoms with Crippen molar-refractivity contribution in [3.05, 3.63) is 0 Å². The van der Waals surface area contributed by atoms with Crippen LogP contribution in [0.5, 0.6) is 0 Å². The smallest absolute Gasteiger partial charge is 0.207 e. The molecule has 1 amide bonds. The molecule has 0 radical (unpaired) electrons. The Morgan fingerprint density at radius 1 is 1.45 bits per heavy atom. The zero-order valence-electron chi connectivity index (χ0n) is 7.98. The van der Waals surface area contributed by atoms with Gasteiger partial charge in [-0.2, -0.15) is 0 Å². The largest absolute Gasteiger partial charge is 0.358 e. The lowest BCUT2D eigenvalue weighted by molar-refractivity contribution is -0.109. The molecule has 1 unspecified atom stereocenters. The van der Waals surface area contributed by atoms with Gasteiger partial charge in [0, 0.05) is 6.54 Å². The Morgan fingerprint density at radius 2 is 2.00 bits per heavy atom. The Bertz CT molecular complexity index is 115. The van der Waals surface area contributed by atoms with Crippen molar-refractivity contribution in [2.45, 2.75) is 34.1 Å². The number of amides is 1. The minimum Gasteiger partial charge on any atom is -0.358 e. The van der Waals surface area contributed by atoms with Gasteiger partial charge in [-0.3, -0.25) is 4.79 Å². The van der Waals surface area contributed by atoms with Crippen LogP contribution in [-0.2, 0) is 4.79 Å². The van der Waals surface area contributed by atoms with Crippen LogP contribution in [0.3, 0.4) is 0 Å². The van der Waals surface area contributed by atoms with Crippen molar-refractivity contribution in [2.24, 2.45) is 11.3 Å². The van der Waals surface area contributed by atoms with Crippen molar-refractivity contribution in [3.63, 3.8) is 0 Å². The third-order valence-corrected chi connectivity index (χ3v) is 1.51. The molecule has 0 aliphatic rings. The molecule has 0 heterocycles. The fourth-order valence-corrected chi connectivity index (χ4v) is 1.37. The van der Waals surface area contributed by atoms with Crippen LogP contribution in [-0.4, -0.2) is 13.0 Å². The summed E-state index contributed by atoms with van der Waals surface area (Å²) in [6, 6.07) is 0. The topological polar surface area (TPSA) is 29.1 Å². The second-order valence-corrected chi connectivity index (χ2v) is 4.40. The number of nitrogens with one attached hydrogen (secondary N) is 1. The molecule has 0 bridgehead atoms. The third-order valence-electron chi connectivity index (χ3n) is 1.51. The van der Waals surface area contributed by atoms with E-state index in [2.05, 4.69) is 33.0 Å². The Kier molecular flexibility index (Phi) is 4.16. The highest BCUT2D eigenvalue weighted by molar-refractivity contribution is 5.45. The molecular formula is C9H19NO. The number of hydrogen-bond acceptors (Lipinski definition) is 1. The standard InChI is InChI=1S/C9H19NO/c1-8(6-10-7-11)5-9(2,3)4/h7-8H,5-6H2,1-4H3,(H,10,11). The Balaban J connectivity index is 3.51. The molecule has 66 valence electrons. The first-order chi connectivity index (χ1) is 4.95. The monoisotopic (exact) mass is 157 g/mol. The molecule has 0 saturated heterocycles. The third kappa shape index (κ3) is 7.37. The summed E-state index contributed by atoms with van der Waals surface area (Å²) in [4.78, 5) is 9.96. The van der Waals surface area contributed by atoms with Gasteiger partial charge in [0.1, 0.15) is 0 Å². The highest BCUT2D eigenvalue weighted by Crippen LogP contribution is 2.23. The average Bonchev–Trinajstić information content (AvgIpc) is 1.79. The molecule has 0 aliphatic carbocycles. The van der Waals surface area contributed by atoms with Gasteiger partial charge < -0.3 is 5.32 Å². The van der Waals surface area contributed by atoms with E-state index in [4.69, 9.17) is 0 Å². The van der Waals surface area contributed by atoms with E-state index in [0.717, 1.165) is 19.4 Å². The fraction of sp³-hybridized carbons (Fsp3) is 0.889. The molecule has 2 heteroatoms. The molecule has 1 atom stereocenters. The second-order valence-electron chi connectivity index (χ2n) is 4.40. The van der Waals surface area contributed by atoms with Gasteiger partial charge in [-0.15, -0.1) is 0 Å². The van der Waals surface area contributed by atoms with E-state index in [1.54, 1.807) is 0 Å². The lowest BCUT2D eigenvalue weighted by Gasteiger charge is -2.22. The average molecular weight is 157 g/mol. The van der Waals surface area contributed by atoms with Crippen LogP contribution in [0.15, 0.2) is 0 Å². The van der Waals surface area contributed by atoms with Crippen molar-refractivity contribution >= 4 is 6.41 Å². The van der Waals surface area contributed by atoms with Gasteiger partial charge in [0.05, 0.1) is 0 Å². The summed E-state index contributed by atoms with van der Waals surface area (Å²) < 4.78 is 0. The molecule has 11 heavy (non-hydrogen) atoms. The number of rotatable bonds is 4. The molecule has 0 aromatic heterocycles. The summed E-state index contributed by atoms with van der Waals surface area (Å²) in [5, 5.41) is 2.69. The van der Waals surface area contributed by atoms with Crippen molar-refractivity contribution < 1.29 is 4.79 Å². The van der Waals surface area contributed by atoms with Gasteiger partial charge >= 0.3 is 0 Å². The maximum atomic E-state index is 9.96. The summed E-state index contributed by atoms with van der Waals surface area (Å²) in [6.45, 7) is 9.59.